The van der Waals surface area contributed by atoms with Crippen LogP contribution in [0.15, 0.2) is 54.6 Å². The molecule has 1 N–H and O–H groups in total. The second-order valence-corrected chi connectivity index (χ2v) is 6.43. The molecule has 1 aromatic heterocycles. The molecule has 3 aromatic rings. The molecule has 1 atom stereocenters. The van der Waals surface area contributed by atoms with Crippen LogP contribution < -0.4 is 5.32 Å². The van der Waals surface area contributed by atoms with E-state index in [1.54, 1.807) is 0 Å². The molecule has 4 rings (SSSR count). The lowest BCUT2D eigenvalue weighted by atomic mass is 9.94. The number of rotatable bonds is 5. The zero-order chi connectivity index (χ0) is 15.6. The van der Waals surface area contributed by atoms with Gasteiger partial charge in [0, 0.05) is 17.8 Å². The van der Waals surface area contributed by atoms with Gasteiger partial charge in [-0.3, -0.25) is 0 Å². The highest BCUT2D eigenvalue weighted by Crippen LogP contribution is 2.42. The summed E-state index contributed by atoms with van der Waals surface area (Å²) in [6, 6.07) is 18.7. The van der Waals surface area contributed by atoms with Gasteiger partial charge in [-0.05, 0) is 48.1 Å². The number of anilines is 1. The highest BCUT2D eigenvalue weighted by atomic mass is 35.5. The van der Waals surface area contributed by atoms with Crippen LogP contribution in [0.2, 0.25) is 5.28 Å². The number of aromatic nitrogens is 2. The van der Waals surface area contributed by atoms with Crippen LogP contribution in [0, 0.1) is 5.92 Å². The van der Waals surface area contributed by atoms with Gasteiger partial charge in [0.25, 0.3) is 0 Å². The van der Waals surface area contributed by atoms with Gasteiger partial charge in [0.2, 0.25) is 5.28 Å². The van der Waals surface area contributed by atoms with Gasteiger partial charge in [0.15, 0.2) is 0 Å². The SMILES string of the molecule is Clc1nc(NCC(c2ccccc2)C2CC2)c2ccccc2n1. The fourth-order valence-electron chi connectivity index (χ4n) is 3.15. The highest BCUT2D eigenvalue weighted by molar-refractivity contribution is 6.28. The Bertz CT molecular complexity index is 815. The Morgan fingerprint density at radius 1 is 1.00 bits per heavy atom. The number of halogens is 1. The third kappa shape index (κ3) is 3.15. The molecule has 1 heterocycles. The molecule has 2 aromatic carbocycles. The summed E-state index contributed by atoms with van der Waals surface area (Å²) in [5, 5.41) is 4.81. The largest absolute Gasteiger partial charge is 0.369 e. The summed E-state index contributed by atoms with van der Waals surface area (Å²) in [4.78, 5) is 8.67. The van der Waals surface area contributed by atoms with Crippen molar-refractivity contribution in [1.29, 1.82) is 0 Å². The number of nitrogens with one attached hydrogen (secondary N) is 1. The normalized spacial score (nSPS) is 15.5. The maximum atomic E-state index is 6.07. The lowest BCUT2D eigenvalue weighted by molar-refractivity contribution is 0.632. The van der Waals surface area contributed by atoms with E-state index in [0.717, 1.165) is 29.2 Å². The van der Waals surface area contributed by atoms with Crippen molar-refractivity contribution in [2.45, 2.75) is 18.8 Å². The molecule has 116 valence electrons. The number of hydrogen-bond donors (Lipinski definition) is 1. The topological polar surface area (TPSA) is 37.8 Å². The summed E-state index contributed by atoms with van der Waals surface area (Å²) >= 11 is 6.07. The molecule has 1 aliphatic carbocycles. The van der Waals surface area contributed by atoms with Crippen molar-refractivity contribution in [1.82, 2.24) is 9.97 Å². The van der Waals surface area contributed by atoms with Crippen LogP contribution in [-0.4, -0.2) is 16.5 Å². The van der Waals surface area contributed by atoms with Crippen molar-refractivity contribution in [3.8, 4) is 0 Å². The minimum Gasteiger partial charge on any atom is -0.369 e. The van der Waals surface area contributed by atoms with E-state index in [2.05, 4.69) is 45.6 Å². The van der Waals surface area contributed by atoms with E-state index < -0.39 is 0 Å². The van der Waals surface area contributed by atoms with E-state index in [-0.39, 0.29) is 5.28 Å². The smallest absolute Gasteiger partial charge is 0.224 e. The second-order valence-electron chi connectivity index (χ2n) is 6.09. The Morgan fingerprint density at radius 3 is 2.52 bits per heavy atom. The number of hydrogen-bond acceptors (Lipinski definition) is 3. The Kier molecular flexibility index (Phi) is 3.88. The summed E-state index contributed by atoms with van der Waals surface area (Å²) < 4.78 is 0. The lowest BCUT2D eigenvalue weighted by Crippen LogP contribution is -2.15. The van der Waals surface area contributed by atoms with Crippen molar-refractivity contribution < 1.29 is 0 Å². The molecule has 3 nitrogen and oxygen atoms in total. The molecule has 1 fully saturated rings. The predicted octanol–water partition coefficient (Wildman–Crippen LogP) is 4.89. The first-order chi connectivity index (χ1) is 11.3. The third-order valence-electron chi connectivity index (χ3n) is 4.48. The predicted molar refractivity (Wildman–Crippen MR) is 94.9 cm³/mol. The summed E-state index contributed by atoms with van der Waals surface area (Å²) in [5.74, 6) is 2.11. The summed E-state index contributed by atoms with van der Waals surface area (Å²) in [5.41, 5.74) is 2.27. The molecule has 23 heavy (non-hydrogen) atoms. The minimum atomic E-state index is 0.286. The van der Waals surface area contributed by atoms with Gasteiger partial charge in [-0.15, -0.1) is 0 Å². The number of nitrogens with zero attached hydrogens (tertiary/aromatic N) is 2. The zero-order valence-electron chi connectivity index (χ0n) is 12.7. The Morgan fingerprint density at radius 2 is 1.74 bits per heavy atom. The second kappa shape index (κ2) is 6.17. The van der Waals surface area contributed by atoms with Crippen LogP contribution in [0.3, 0.4) is 0 Å². The van der Waals surface area contributed by atoms with Crippen LogP contribution >= 0.6 is 11.6 Å². The van der Waals surface area contributed by atoms with Crippen LogP contribution in [0.1, 0.15) is 24.3 Å². The average Bonchev–Trinajstić information content (AvgIpc) is 3.41. The molecule has 1 unspecified atom stereocenters. The molecule has 0 radical (unpaired) electrons. The molecule has 1 saturated carbocycles. The van der Waals surface area contributed by atoms with Gasteiger partial charge in [0.05, 0.1) is 5.52 Å². The number of fused-ring (bicyclic) bond motifs is 1. The summed E-state index contributed by atoms with van der Waals surface area (Å²) in [7, 11) is 0. The molecule has 0 bridgehead atoms. The van der Waals surface area contributed by atoms with Gasteiger partial charge in [-0.25, -0.2) is 9.97 Å². The van der Waals surface area contributed by atoms with Crippen molar-refractivity contribution >= 4 is 28.3 Å². The van der Waals surface area contributed by atoms with E-state index >= 15 is 0 Å². The van der Waals surface area contributed by atoms with Crippen molar-refractivity contribution in [2.75, 3.05) is 11.9 Å². The molecule has 0 saturated heterocycles. The van der Waals surface area contributed by atoms with E-state index in [1.165, 1.54) is 18.4 Å². The van der Waals surface area contributed by atoms with E-state index in [0.29, 0.717) is 5.92 Å². The van der Waals surface area contributed by atoms with Gasteiger partial charge in [-0.2, -0.15) is 0 Å². The first kappa shape index (κ1) is 14.5. The maximum Gasteiger partial charge on any atom is 0.224 e. The van der Waals surface area contributed by atoms with Crippen molar-refractivity contribution in [2.24, 2.45) is 5.92 Å². The molecular weight excluding hydrogens is 306 g/mol. The molecule has 4 heteroatoms. The maximum absolute atomic E-state index is 6.07. The van der Waals surface area contributed by atoms with Crippen molar-refractivity contribution in [3.05, 3.63) is 65.4 Å². The van der Waals surface area contributed by atoms with Crippen LogP contribution in [-0.2, 0) is 0 Å². The van der Waals surface area contributed by atoms with Crippen LogP contribution in [0.4, 0.5) is 5.82 Å². The number of para-hydroxylation sites is 1. The highest BCUT2D eigenvalue weighted by Gasteiger charge is 2.32. The fraction of sp³-hybridized carbons (Fsp3) is 0.263. The van der Waals surface area contributed by atoms with E-state index in [4.69, 9.17) is 11.6 Å². The Hall–Kier alpha value is -2.13. The Balaban J connectivity index is 1.60. The third-order valence-corrected chi connectivity index (χ3v) is 4.65. The quantitative estimate of drug-likeness (QED) is 0.679. The minimum absolute atomic E-state index is 0.286. The zero-order valence-corrected chi connectivity index (χ0v) is 13.5. The standard InChI is InChI=1S/C19H18ClN3/c20-19-22-17-9-5-4-8-15(17)18(23-19)21-12-16(14-10-11-14)13-6-2-1-3-7-13/h1-9,14,16H,10-12H2,(H,21,22,23). The first-order valence-corrected chi connectivity index (χ1v) is 8.40. The van der Waals surface area contributed by atoms with E-state index in [1.807, 2.05) is 24.3 Å². The summed E-state index contributed by atoms with van der Waals surface area (Å²) in [6.45, 7) is 0.867. The van der Waals surface area contributed by atoms with Gasteiger partial charge in [0.1, 0.15) is 5.82 Å². The van der Waals surface area contributed by atoms with Crippen LogP contribution in [0.5, 0.6) is 0 Å². The van der Waals surface area contributed by atoms with E-state index in [9.17, 15) is 0 Å². The lowest BCUT2D eigenvalue weighted by Gasteiger charge is -2.18. The number of benzene rings is 2. The van der Waals surface area contributed by atoms with Gasteiger partial charge < -0.3 is 5.32 Å². The van der Waals surface area contributed by atoms with Gasteiger partial charge in [-0.1, -0.05) is 42.5 Å². The molecular formula is C19H18ClN3. The molecule has 1 aliphatic rings. The molecule has 0 amide bonds. The van der Waals surface area contributed by atoms with Crippen molar-refractivity contribution in [3.63, 3.8) is 0 Å². The fourth-order valence-corrected chi connectivity index (χ4v) is 3.32. The first-order valence-electron chi connectivity index (χ1n) is 8.02. The van der Waals surface area contributed by atoms with Crippen LogP contribution in [0.25, 0.3) is 10.9 Å². The molecule has 0 aliphatic heterocycles. The molecule has 0 spiro atoms. The monoisotopic (exact) mass is 323 g/mol. The average molecular weight is 324 g/mol. The summed E-state index contributed by atoms with van der Waals surface area (Å²) in [6.07, 6.45) is 2.62. The Labute approximate surface area is 140 Å². The van der Waals surface area contributed by atoms with Gasteiger partial charge >= 0.3 is 0 Å².